The number of ketones is 1. The zero-order valence-electron chi connectivity index (χ0n) is 22.4. The quantitative estimate of drug-likeness (QED) is 0.303. The van der Waals surface area contributed by atoms with Crippen molar-refractivity contribution in [2.75, 3.05) is 4.90 Å². The number of hydrogen-bond donors (Lipinski definition) is 2. The molecule has 0 spiro atoms. The molecule has 44 heavy (non-hydrogen) atoms. The maximum atomic E-state index is 13.8. The van der Waals surface area contributed by atoms with Gasteiger partial charge in [-0.05, 0) is 60.9 Å². The second-order valence-electron chi connectivity index (χ2n) is 10.4. The van der Waals surface area contributed by atoms with Gasteiger partial charge in [-0.1, -0.05) is 18.2 Å². The van der Waals surface area contributed by atoms with Gasteiger partial charge in [-0.2, -0.15) is 30.7 Å². The van der Waals surface area contributed by atoms with Gasteiger partial charge in [0.05, 0.1) is 23.4 Å². The van der Waals surface area contributed by atoms with Gasteiger partial charge in [-0.15, -0.1) is 0 Å². The summed E-state index contributed by atoms with van der Waals surface area (Å²) in [7, 11) is 0. The summed E-state index contributed by atoms with van der Waals surface area (Å²) in [4.78, 5) is 57.1. The van der Waals surface area contributed by atoms with E-state index >= 15 is 0 Å². The molecule has 3 aromatic rings. The fraction of sp³-hybridized carbons (Fsp3) is 0.276. The van der Waals surface area contributed by atoms with E-state index in [2.05, 4.69) is 15.6 Å². The third-order valence-electron chi connectivity index (χ3n) is 7.23. The van der Waals surface area contributed by atoms with Gasteiger partial charge < -0.3 is 15.5 Å². The molecule has 2 N–H and O–H groups in total. The van der Waals surface area contributed by atoms with Gasteiger partial charge in [0, 0.05) is 12.0 Å². The Balaban J connectivity index is 1.45. The van der Waals surface area contributed by atoms with Crippen molar-refractivity contribution < 1.29 is 49.9 Å². The number of amides is 3. The average Bonchev–Trinajstić information content (AvgIpc) is 3.75. The third-order valence-corrected chi connectivity index (χ3v) is 7.23. The molecule has 2 heterocycles. The number of halogens is 7. The molecule has 0 radical (unpaired) electrons. The number of aromatic nitrogens is 1. The van der Waals surface area contributed by atoms with Gasteiger partial charge in [-0.3, -0.25) is 19.2 Å². The van der Waals surface area contributed by atoms with E-state index in [1.165, 1.54) is 36.4 Å². The number of pyridine rings is 1. The molecule has 3 amide bonds. The Hall–Kier alpha value is -4.82. The smallest absolute Gasteiger partial charge is 0.342 e. The second-order valence-corrected chi connectivity index (χ2v) is 10.4. The molecule has 0 unspecified atom stereocenters. The standard InChI is InChI=1S/C29H21F7N4O4/c30-23-7-3-5-19(37-23)24(42)39-27(8-9-27)26(44)38-20-13-22(41)18-4-1-2-6-21(18)40(25(20)43)14-15-10-16(28(31,32)33)12-17(11-15)29(34,35)36/h1-7,10-12,20H,8-9,13-14H2,(H,38,44)(H,39,42)/t20-/m1/s1. The summed E-state index contributed by atoms with van der Waals surface area (Å²) in [6.07, 6.45) is -10.6. The van der Waals surface area contributed by atoms with Gasteiger partial charge in [0.15, 0.2) is 5.78 Å². The second kappa shape index (κ2) is 11.0. The first-order valence-electron chi connectivity index (χ1n) is 13.1. The van der Waals surface area contributed by atoms with Crippen molar-refractivity contribution in [3.05, 3.63) is 94.6 Å². The summed E-state index contributed by atoms with van der Waals surface area (Å²) < 4.78 is 94.4. The normalized spacial score (nSPS) is 17.9. The van der Waals surface area contributed by atoms with Gasteiger partial charge >= 0.3 is 12.4 Å². The molecule has 1 atom stereocenters. The van der Waals surface area contributed by atoms with Gasteiger partial charge in [-0.25, -0.2) is 4.98 Å². The van der Waals surface area contributed by atoms with Gasteiger partial charge in [0.25, 0.3) is 5.91 Å². The summed E-state index contributed by atoms with van der Waals surface area (Å²) in [5.41, 5.74) is -5.63. The summed E-state index contributed by atoms with van der Waals surface area (Å²) >= 11 is 0. The number of hydrogen-bond acceptors (Lipinski definition) is 5. The fourth-order valence-electron chi connectivity index (χ4n) is 4.85. The van der Waals surface area contributed by atoms with Crippen molar-refractivity contribution in [3.8, 4) is 0 Å². The molecule has 15 heteroatoms. The highest BCUT2D eigenvalue weighted by atomic mass is 19.4. The van der Waals surface area contributed by atoms with Crippen molar-refractivity contribution in [2.24, 2.45) is 0 Å². The molecule has 2 aromatic carbocycles. The number of fused-ring (bicyclic) bond motifs is 1. The van der Waals surface area contributed by atoms with Crippen LogP contribution < -0.4 is 15.5 Å². The highest BCUT2D eigenvalue weighted by Gasteiger charge is 2.52. The van der Waals surface area contributed by atoms with E-state index in [4.69, 9.17) is 0 Å². The Kier molecular flexibility index (Phi) is 7.68. The lowest BCUT2D eigenvalue weighted by atomic mass is 10.0. The Labute approximate surface area is 244 Å². The van der Waals surface area contributed by atoms with E-state index in [-0.39, 0.29) is 35.9 Å². The SMILES string of the molecule is O=C(NC1(C(=O)N[C@@H]2CC(=O)c3ccccc3N(Cc3cc(C(F)(F)F)cc(C(F)(F)F)c3)C2=O)CC1)c1cccc(F)n1. The number of nitrogens with zero attached hydrogens (tertiary/aromatic N) is 2. The van der Waals surface area contributed by atoms with Crippen LogP contribution in [0.4, 0.5) is 36.4 Å². The van der Waals surface area contributed by atoms with Crippen LogP contribution in [0.15, 0.2) is 60.7 Å². The molecule has 0 saturated heterocycles. The predicted octanol–water partition coefficient (Wildman–Crippen LogP) is 4.83. The lowest BCUT2D eigenvalue weighted by Gasteiger charge is -2.28. The molecule has 230 valence electrons. The molecule has 0 bridgehead atoms. The van der Waals surface area contributed by atoms with Crippen LogP contribution in [0.5, 0.6) is 0 Å². The van der Waals surface area contributed by atoms with E-state index in [9.17, 15) is 49.9 Å². The van der Waals surface area contributed by atoms with E-state index in [0.717, 1.165) is 11.0 Å². The van der Waals surface area contributed by atoms with E-state index in [1.54, 1.807) is 0 Å². The first-order valence-corrected chi connectivity index (χ1v) is 13.1. The molecule has 1 aliphatic heterocycles. The fourth-order valence-corrected chi connectivity index (χ4v) is 4.85. The number of anilines is 1. The number of carbonyl (C=O) groups is 4. The minimum atomic E-state index is -5.13. The number of alkyl halides is 6. The first-order chi connectivity index (χ1) is 20.6. The summed E-state index contributed by atoms with van der Waals surface area (Å²) in [6.45, 7) is -0.796. The first kappa shape index (κ1) is 30.6. The number of Topliss-reactive ketones (excluding diaryl/α,β-unsaturated/α-hetero) is 1. The van der Waals surface area contributed by atoms with Crippen molar-refractivity contribution in [3.63, 3.8) is 0 Å². The summed E-state index contributed by atoms with van der Waals surface area (Å²) in [5.74, 6) is -4.27. The summed E-state index contributed by atoms with van der Waals surface area (Å²) in [6, 6.07) is 8.31. The molecule has 1 aliphatic carbocycles. The molecule has 2 aliphatic rings. The van der Waals surface area contributed by atoms with Crippen LogP contribution >= 0.6 is 0 Å². The van der Waals surface area contributed by atoms with Crippen molar-refractivity contribution >= 4 is 29.2 Å². The number of benzene rings is 2. The average molecular weight is 622 g/mol. The monoisotopic (exact) mass is 622 g/mol. The maximum absolute atomic E-state index is 13.8. The number of rotatable bonds is 6. The largest absolute Gasteiger partial charge is 0.416 e. The van der Waals surface area contributed by atoms with Crippen LogP contribution in [0.3, 0.4) is 0 Å². The highest BCUT2D eigenvalue weighted by Crippen LogP contribution is 2.39. The zero-order chi connectivity index (χ0) is 32.0. The number of nitrogens with one attached hydrogen (secondary N) is 2. The molecular formula is C29H21F7N4O4. The van der Waals surface area contributed by atoms with Crippen LogP contribution in [0.25, 0.3) is 0 Å². The molecule has 1 fully saturated rings. The van der Waals surface area contributed by atoms with Gasteiger partial charge in [0.1, 0.15) is 17.3 Å². The van der Waals surface area contributed by atoms with Crippen LogP contribution in [0, 0.1) is 5.95 Å². The topological polar surface area (TPSA) is 108 Å². The van der Waals surface area contributed by atoms with Crippen LogP contribution in [-0.2, 0) is 28.5 Å². The Morgan fingerprint density at radius 1 is 0.909 bits per heavy atom. The predicted molar refractivity (Wildman–Crippen MR) is 139 cm³/mol. The Morgan fingerprint density at radius 3 is 2.14 bits per heavy atom. The highest BCUT2D eigenvalue weighted by molar-refractivity contribution is 6.13. The molecule has 8 nitrogen and oxygen atoms in total. The van der Waals surface area contributed by atoms with Gasteiger partial charge in [0.2, 0.25) is 17.8 Å². The van der Waals surface area contributed by atoms with Crippen molar-refractivity contribution in [1.29, 1.82) is 0 Å². The molecule has 1 saturated carbocycles. The van der Waals surface area contributed by atoms with Crippen molar-refractivity contribution in [1.82, 2.24) is 15.6 Å². The summed E-state index contributed by atoms with van der Waals surface area (Å²) in [5, 5.41) is 4.86. The minimum Gasteiger partial charge on any atom is -0.342 e. The zero-order valence-corrected chi connectivity index (χ0v) is 22.4. The lowest BCUT2D eigenvalue weighted by molar-refractivity contribution is -0.143. The number of para-hydroxylation sites is 1. The van der Waals surface area contributed by atoms with E-state index in [1.807, 2.05) is 0 Å². The van der Waals surface area contributed by atoms with E-state index < -0.39 is 83.0 Å². The number of carbonyl (C=O) groups excluding carboxylic acids is 4. The lowest BCUT2D eigenvalue weighted by Crippen LogP contribution is -2.55. The van der Waals surface area contributed by atoms with Crippen LogP contribution in [0.1, 0.15) is 56.8 Å². The van der Waals surface area contributed by atoms with Crippen LogP contribution in [0.2, 0.25) is 0 Å². The van der Waals surface area contributed by atoms with Crippen molar-refractivity contribution in [2.45, 2.75) is 49.7 Å². The molecule has 1 aromatic heterocycles. The maximum Gasteiger partial charge on any atom is 0.416 e. The molecule has 5 rings (SSSR count). The van der Waals surface area contributed by atoms with E-state index in [0.29, 0.717) is 12.1 Å². The Morgan fingerprint density at radius 2 is 1.55 bits per heavy atom. The molecular weight excluding hydrogens is 601 g/mol. The Bertz CT molecular complexity index is 1640. The third kappa shape index (κ3) is 6.26. The minimum absolute atomic E-state index is 0.0350. The van der Waals surface area contributed by atoms with Crippen LogP contribution in [-0.4, -0.2) is 40.1 Å².